The molecule has 0 spiro atoms. The van der Waals surface area contributed by atoms with Crippen molar-refractivity contribution in [2.75, 3.05) is 0 Å². The molecule has 0 fully saturated rings. The Hall–Kier alpha value is -0.740. The molecule has 1 nitrogen and oxygen atoms in total. The van der Waals surface area contributed by atoms with E-state index in [4.69, 9.17) is 0 Å². The minimum Gasteiger partial charge on any atom is -0.229 e. The molecular weight excluding hydrogens is 265 g/mol. The lowest BCUT2D eigenvalue weighted by atomic mass is 10.1. The van der Waals surface area contributed by atoms with Gasteiger partial charge in [0.1, 0.15) is 15.4 Å². The maximum Gasteiger partial charge on any atom is 0.126 e. The van der Waals surface area contributed by atoms with Crippen LogP contribution in [0.15, 0.2) is 28.2 Å². The third kappa shape index (κ3) is 1.72. The summed E-state index contributed by atoms with van der Waals surface area (Å²) in [5.41, 5.74) is 1.51. The Bertz CT molecular complexity index is 467. The van der Waals surface area contributed by atoms with Crippen molar-refractivity contribution in [3.05, 3.63) is 39.6 Å². The van der Waals surface area contributed by atoms with Crippen molar-refractivity contribution in [3.8, 4) is 10.6 Å². The van der Waals surface area contributed by atoms with Gasteiger partial charge in [-0.1, -0.05) is 12.1 Å². The molecule has 0 saturated heterocycles. The second kappa shape index (κ2) is 3.79. The third-order valence-corrected chi connectivity index (χ3v) is 3.56. The molecule has 0 aliphatic rings. The topological polar surface area (TPSA) is 12.9 Å². The Morgan fingerprint density at radius 3 is 2.86 bits per heavy atom. The molecule has 0 aliphatic carbocycles. The van der Waals surface area contributed by atoms with Crippen LogP contribution in [0.5, 0.6) is 0 Å². The van der Waals surface area contributed by atoms with Gasteiger partial charge in [0.2, 0.25) is 0 Å². The normalized spacial score (nSPS) is 10.5. The van der Waals surface area contributed by atoms with Gasteiger partial charge in [-0.3, -0.25) is 0 Å². The summed E-state index contributed by atoms with van der Waals surface area (Å²) in [6, 6.07) is 5.04. The van der Waals surface area contributed by atoms with Crippen molar-refractivity contribution >= 4 is 27.3 Å². The van der Waals surface area contributed by atoms with Crippen LogP contribution in [0.2, 0.25) is 0 Å². The molecular formula is C10H7BrFNS. The Balaban J connectivity index is 2.57. The van der Waals surface area contributed by atoms with Gasteiger partial charge in [0, 0.05) is 10.9 Å². The van der Waals surface area contributed by atoms with Gasteiger partial charge in [0.25, 0.3) is 0 Å². The second-order valence-electron chi connectivity index (χ2n) is 2.89. The van der Waals surface area contributed by atoms with Crippen LogP contribution in [-0.4, -0.2) is 4.98 Å². The first-order valence-electron chi connectivity index (χ1n) is 4.05. The van der Waals surface area contributed by atoms with Crippen molar-refractivity contribution in [1.29, 1.82) is 0 Å². The Kier molecular flexibility index (Phi) is 2.65. The molecule has 0 atom stereocenters. The molecule has 0 aliphatic heterocycles. The largest absolute Gasteiger partial charge is 0.229 e. The van der Waals surface area contributed by atoms with E-state index in [0.717, 1.165) is 15.2 Å². The van der Waals surface area contributed by atoms with E-state index in [9.17, 15) is 4.39 Å². The molecule has 14 heavy (non-hydrogen) atoms. The molecule has 0 amide bonds. The SMILES string of the molecule is Cc1c(F)cccc1-c1nc(Br)cs1. The van der Waals surface area contributed by atoms with E-state index < -0.39 is 0 Å². The van der Waals surface area contributed by atoms with Crippen LogP contribution in [0.3, 0.4) is 0 Å². The van der Waals surface area contributed by atoms with Crippen LogP contribution in [0.25, 0.3) is 10.6 Å². The van der Waals surface area contributed by atoms with Gasteiger partial charge in [-0.2, -0.15) is 0 Å². The molecule has 2 rings (SSSR count). The maximum absolute atomic E-state index is 13.2. The zero-order valence-electron chi connectivity index (χ0n) is 7.42. The lowest BCUT2D eigenvalue weighted by Crippen LogP contribution is -1.86. The van der Waals surface area contributed by atoms with E-state index in [2.05, 4.69) is 20.9 Å². The monoisotopic (exact) mass is 271 g/mol. The van der Waals surface area contributed by atoms with E-state index in [1.807, 2.05) is 11.4 Å². The van der Waals surface area contributed by atoms with Gasteiger partial charge >= 0.3 is 0 Å². The van der Waals surface area contributed by atoms with E-state index in [1.165, 1.54) is 17.4 Å². The molecule has 0 unspecified atom stereocenters. The van der Waals surface area contributed by atoms with Gasteiger partial charge in [0.15, 0.2) is 0 Å². The van der Waals surface area contributed by atoms with E-state index >= 15 is 0 Å². The Morgan fingerprint density at radius 2 is 2.21 bits per heavy atom. The molecule has 0 radical (unpaired) electrons. The first-order valence-corrected chi connectivity index (χ1v) is 5.72. The molecule has 0 saturated carbocycles. The zero-order chi connectivity index (χ0) is 10.1. The molecule has 0 N–H and O–H groups in total. The first-order chi connectivity index (χ1) is 6.68. The Labute approximate surface area is 93.7 Å². The van der Waals surface area contributed by atoms with Crippen LogP contribution >= 0.6 is 27.3 Å². The fourth-order valence-corrected chi connectivity index (χ4v) is 2.55. The maximum atomic E-state index is 13.2. The van der Waals surface area contributed by atoms with Gasteiger partial charge in [-0.25, -0.2) is 9.37 Å². The standard InChI is InChI=1S/C10H7BrFNS/c1-6-7(3-2-4-8(6)12)10-13-9(11)5-14-10/h2-5H,1H3. The summed E-state index contributed by atoms with van der Waals surface area (Å²) < 4.78 is 14.0. The number of nitrogens with zero attached hydrogens (tertiary/aromatic N) is 1. The van der Waals surface area contributed by atoms with E-state index in [0.29, 0.717) is 5.56 Å². The van der Waals surface area contributed by atoms with Crippen molar-refractivity contribution in [1.82, 2.24) is 4.98 Å². The quantitative estimate of drug-likeness (QED) is 0.764. The van der Waals surface area contributed by atoms with Gasteiger partial charge in [-0.15, -0.1) is 11.3 Å². The van der Waals surface area contributed by atoms with Crippen LogP contribution < -0.4 is 0 Å². The number of benzene rings is 1. The highest BCUT2D eigenvalue weighted by molar-refractivity contribution is 9.10. The first kappa shape index (κ1) is 9.80. The molecule has 1 aromatic heterocycles. The number of thiazole rings is 1. The summed E-state index contributed by atoms with van der Waals surface area (Å²) in [6.45, 7) is 1.76. The van der Waals surface area contributed by atoms with Crippen molar-refractivity contribution in [3.63, 3.8) is 0 Å². The smallest absolute Gasteiger partial charge is 0.126 e. The summed E-state index contributed by atoms with van der Waals surface area (Å²) in [5.74, 6) is -0.186. The van der Waals surface area contributed by atoms with E-state index in [-0.39, 0.29) is 5.82 Å². The van der Waals surface area contributed by atoms with Gasteiger partial charge < -0.3 is 0 Å². The van der Waals surface area contributed by atoms with Gasteiger partial charge in [-0.05, 0) is 34.5 Å². The number of aromatic nitrogens is 1. The average Bonchev–Trinajstić information content (AvgIpc) is 2.57. The predicted octanol–water partition coefficient (Wildman–Crippen LogP) is 4.02. The van der Waals surface area contributed by atoms with Crippen molar-refractivity contribution < 1.29 is 4.39 Å². The fourth-order valence-electron chi connectivity index (χ4n) is 1.22. The minimum atomic E-state index is -0.186. The summed E-state index contributed by atoms with van der Waals surface area (Å²) in [5, 5.41) is 2.73. The Morgan fingerprint density at radius 1 is 1.43 bits per heavy atom. The molecule has 0 bridgehead atoms. The van der Waals surface area contributed by atoms with Crippen molar-refractivity contribution in [2.24, 2.45) is 0 Å². The third-order valence-electron chi connectivity index (χ3n) is 1.97. The summed E-state index contributed by atoms with van der Waals surface area (Å²) in [7, 11) is 0. The van der Waals surface area contributed by atoms with Crippen molar-refractivity contribution in [2.45, 2.75) is 6.92 Å². The molecule has 1 heterocycles. The lowest BCUT2D eigenvalue weighted by molar-refractivity contribution is 0.619. The number of halogens is 2. The average molecular weight is 272 g/mol. The number of hydrogen-bond donors (Lipinski definition) is 0. The number of hydrogen-bond acceptors (Lipinski definition) is 2. The summed E-state index contributed by atoms with van der Waals surface area (Å²) in [6.07, 6.45) is 0. The van der Waals surface area contributed by atoms with Crippen LogP contribution in [0.4, 0.5) is 4.39 Å². The second-order valence-corrected chi connectivity index (χ2v) is 4.56. The summed E-state index contributed by atoms with van der Waals surface area (Å²) >= 11 is 4.78. The number of rotatable bonds is 1. The highest BCUT2D eigenvalue weighted by atomic mass is 79.9. The van der Waals surface area contributed by atoms with Crippen LogP contribution in [0.1, 0.15) is 5.56 Å². The van der Waals surface area contributed by atoms with E-state index in [1.54, 1.807) is 13.0 Å². The minimum absolute atomic E-state index is 0.186. The lowest BCUT2D eigenvalue weighted by Gasteiger charge is -2.02. The predicted molar refractivity (Wildman–Crippen MR) is 59.9 cm³/mol. The highest BCUT2D eigenvalue weighted by Gasteiger charge is 2.08. The molecule has 72 valence electrons. The molecule has 2 aromatic rings. The van der Waals surface area contributed by atoms with Crippen LogP contribution in [-0.2, 0) is 0 Å². The summed E-state index contributed by atoms with van der Waals surface area (Å²) in [4.78, 5) is 4.25. The molecule has 1 aromatic carbocycles. The highest BCUT2D eigenvalue weighted by Crippen LogP contribution is 2.29. The fraction of sp³-hybridized carbons (Fsp3) is 0.100. The molecule has 4 heteroatoms. The van der Waals surface area contributed by atoms with Crippen LogP contribution in [0, 0.1) is 12.7 Å². The zero-order valence-corrected chi connectivity index (χ0v) is 9.82. The van der Waals surface area contributed by atoms with Gasteiger partial charge in [0.05, 0.1) is 0 Å².